The van der Waals surface area contributed by atoms with E-state index in [1.54, 1.807) is 6.92 Å². The Hall–Kier alpha value is -0.810. The van der Waals surface area contributed by atoms with E-state index in [2.05, 4.69) is 10.1 Å². The minimum atomic E-state index is -0.542. The number of carbonyl (C=O) groups excluding carboxylic acids is 2. The second kappa shape index (κ2) is 6.06. The average molecular weight is 251 g/mol. The summed E-state index contributed by atoms with van der Waals surface area (Å²) in [4.78, 5) is 22.6. The highest BCUT2D eigenvalue weighted by atomic mass is 35.5. The number of rotatable bonds is 4. The van der Waals surface area contributed by atoms with Gasteiger partial charge >= 0.3 is 5.97 Å². The summed E-state index contributed by atoms with van der Waals surface area (Å²) in [6, 6.07) is -0.542. The first-order valence-corrected chi connectivity index (χ1v) is 5.13. The van der Waals surface area contributed by atoms with Crippen molar-refractivity contribution < 1.29 is 14.3 Å². The normalized spacial score (nSPS) is 18.7. The van der Waals surface area contributed by atoms with E-state index in [4.69, 9.17) is 5.73 Å². The monoisotopic (exact) mass is 250 g/mol. The summed E-state index contributed by atoms with van der Waals surface area (Å²) in [5, 5.41) is 2.83. The molecule has 0 bridgehead atoms. The van der Waals surface area contributed by atoms with Crippen LogP contribution in [0.15, 0.2) is 0 Å². The van der Waals surface area contributed by atoms with Crippen molar-refractivity contribution in [2.75, 3.05) is 7.11 Å². The summed E-state index contributed by atoms with van der Waals surface area (Å²) in [7, 11) is 1.35. The lowest BCUT2D eigenvalue weighted by molar-refractivity contribution is -0.144. The fourth-order valence-electron chi connectivity index (χ4n) is 1.67. The molecule has 1 aliphatic carbocycles. The molecule has 3 N–H and O–H groups in total. The summed E-state index contributed by atoms with van der Waals surface area (Å²) >= 11 is 0. The third-order valence-electron chi connectivity index (χ3n) is 2.82. The molecule has 1 aliphatic rings. The first-order chi connectivity index (χ1) is 6.99. The van der Waals surface area contributed by atoms with Crippen molar-refractivity contribution in [1.29, 1.82) is 0 Å². The number of hydrogen-bond donors (Lipinski definition) is 2. The van der Waals surface area contributed by atoms with Gasteiger partial charge in [0.1, 0.15) is 0 Å². The number of carbonyl (C=O) groups is 2. The molecule has 0 saturated heterocycles. The van der Waals surface area contributed by atoms with Crippen molar-refractivity contribution in [1.82, 2.24) is 5.32 Å². The Labute approximate surface area is 101 Å². The van der Waals surface area contributed by atoms with Crippen LogP contribution in [0.3, 0.4) is 0 Å². The molecule has 1 rings (SSSR count). The van der Waals surface area contributed by atoms with Crippen LogP contribution >= 0.6 is 12.4 Å². The molecule has 5 nitrogen and oxygen atoms in total. The Morgan fingerprint density at radius 1 is 1.50 bits per heavy atom. The molecule has 1 atom stereocenters. The van der Waals surface area contributed by atoms with E-state index >= 15 is 0 Å². The van der Waals surface area contributed by atoms with Crippen LogP contribution in [0.1, 0.15) is 32.6 Å². The van der Waals surface area contributed by atoms with Crippen LogP contribution in [0.25, 0.3) is 0 Å². The molecular formula is C10H19ClN2O3. The molecule has 94 valence electrons. The van der Waals surface area contributed by atoms with Gasteiger partial charge in [0, 0.05) is 0 Å². The van der Waals surface area contributed by atoms with Crippen LogP contribution in [-0.4, -0.2) is 30.6 Å². The number of nitrogens with one attached hydrogen (secondary N) is 1. The SMILES string of the molecule is COC(=O)CC1(NC(=O)C(C)N)CCC1.Cl. The molecule has 1 saturated carbocycles. The van der Waals surface area contributed by atoms with Crippen LogP contribution in [0.2, 0.25) is 0 Å². The first-order valence-electron chi connectivity index (χ1n) is 5.13. The third kappa shape index (κ3) is 3.64. The van der Waals surface area contributed by atoms with Gasteiger partial charge < -0.3 is 15.8 Å². The maximum Gasteiger partial charge on any atom is 0.307 e. The summed E-state index contributed by atoms with van der Waals surface area (Å²) in [6.45, 7) is 1.62. The van der Waals surface area contributed by atoms with Gasteiger partial charge in [-0.1, -0.05) is 0 Å². The summed E-state index contributed by atoms with van der Waals surface area (Å²) in [5.41, 5.74) is 5.05. The van der Waals surface area contributed by atoms with Gasteiger partial charge in [-0.15, -0.1) is 12.4 Å². The Kier molecular flexibility index (Phi) is 5.75. The van der Waals surface area contributed by atoms with E-state index < -0.39 is 11.6 Å². The number of ether oxygens (including phenoxy) is 1. The Bertz CT molecular complexity index is 265. The van der Waals surface area contributed by atoms with Crippen molar-refractivity contribution in [3.8, 4) is 0 Å². The minimum Gasteiger partial charge on any atom is -0.469 e. The smallest absolute Gasteiger partial charge is 0.307 e. The van der Waals surface area contributed by atoms with Crippen molar-refractivity contribution in [3.63, 3.8) is 0 Å². The zero-order valence-corrected chi connectivity index (χ0v) is 10.4. The fourth-order valence-corrected chi connectivity index (χ4v) is 1.67. The van der Waals surface area contributed by atoms with Crippen LogP contribution < -0.4 is 11.1 Å². The lowest BCUT2D eigenvalue weighted by atomic mass is 9.74. The van der Waals surface area contributed by atoms with E-state index in [0.717, 1.165) is 19.3 Å². The van der Waals surface area contributed by atoms with Gasteiger partial charge in [0.25, 0.3) is 0 Å². The van der Waals surface area contributed by atoms with Crippen LogP contribution in [0, 0.1) is 0 Å². The van der Waals surface area contributed by atoms with Crippen molar-refractivity contribution in [2.45, 2.75) is 44.2 Å². The number of nitrogens with two attached hydrogens (primary N) is 1. The molecular weight excluding hydrogens is 232 g/mol. The third-order valence-corrected chi connectivity index (χ3v) is 2.82. The lowest BCUT2D eigenvalue weighted by Gasteiger charge is -2.42. The predicted molar refractivity (Wildman–Crippen MR) is 62.3 cm³/mol. The average Bonchev–Trinajstić information content (AvgIpc) is 2.13. The predicted octanol–water partition coefficient (Wildman–Crippen LogP) is 0.357. The molecule has 16 heavy (non-hydrogen) atoms. The molecule has 1 unspecified atom stereocenters. The largest absolute Gasteiger partial charge is 0.469 e. The first kappa shape index (κ1) is 15.2. The van der Waals surface area contributed by atoms with Gasteiger partial charge in [-0.2, -0.15) is 0 Å². The number of methoxy groups -OCH3 is 1. The Balaban J connectivity index is 0.00000225. The van der Waals surface area contributed by atoms with Crippen LogP contribution in [0.5, 0.6) is 0 Å². The molecule has 0 aliphatic heterocycles. The minimum absolute atomic E-state index is 0. The summed E-state index contributed by atoms with van der Waals surface area (Å²) < 4.78 is 4.60. The zero-order valence-electron chi connectivity index (χ0n) is 9.62. The zero-order chi connectivity index (χ0) is 11.5. The highest BCUT2D eigenvalue weighted by Gasteiger charge is 2.40. The molecule has 0 heterocycles. The summed E-state index contributed by atoms with van der Waals surface area (Å²) in [6.07, 6.45) is 2.90. The van der Waals surface area contributed by atoms with Crippen molar-refractivity contribution in [2.24, 2.45) is 5.73 Å². The van der Waals surface area contributed by atoms with E-state index in [-0.39, 0.29) is 30.7 Å². The maximum atomic E-state index is 11.4. The highest BCUT2D eigenvalue weighted by molar-refractivity contribution is 5.85. The van der Waals surface area contributed by atoms with Gasteiger partial charge in [0.2, 0.25) is 5.91 Å². The molecule has 0 radical (unpaired) electrons. The molecule has 6 heteroatoms. The molecule has 0 aromatic rings. The van der Waals surface area contributed by atoms with Gasteiger partial charge in [-0.25, -0.2) is 0 Å². The number of hydrogen-bond acceptors (Lipinski definition) is 4. The summed E-state index contributed by atoms with van der Waals surface area (Å²) in [5.74, 6) is -0.502. The fraction of sp³-hybridized carbons (Fsp3) is 0.800. The molecule has 1 fully saturated rings. The maximum absolute atomic E-state index is 11.4. The number of amides is 1. The van der Waals surface area contributed by atoms with E-state index in [9.17, 15) is 9.59 Å². The highest BCUT2D eigenvalue weighted by Crippen LogP contribution is 2.35. The van der Waals surface area contributed by atoms with E-state index in [0.29, 0.717) is 0 Å². The number of halogens is 1. The second-order valence-electron chi connectivity index (χ2n) is 4.16. The van der Waals surface area contributed by atoms with Gasteiger partial charge in [0.05, 0.1) is 25.1 Å². The van der Waals surface area contributed by atoms with Gasteiger partial charge in [-0.05, 0) is 26.2 Å². The Morgan fingerprint density at radius 2 is 2.06 bits per heavy atom. The number of esters is 1. The molecule has 0 aromatic heterocycles. The molecule has 0 aromatic carbocycles. The standard InChI is InChI=1S/C10H18N2O3.ClH/c1-7(11)9(14)12-10(4-3-5-10)6-8(13)15-2;/h7H,3-6,11H2,1-2H3,(H,12,14);1H. The molecule has 1 amide bonds. The van der Waals surface area contributed by atoms with Crippen molar-refractivity contribution >= 4 is 24.3 Å². The Morgan fingerprint density at radius 3 is 2.38 bits per heavy atom. The lowest BCUT2D eigenvalue weighted by Crippen LogP contribution is -2.57. The van der Waals surface area contributed by atoms with Crippen molar-refractivity contribution in [3.05, 3.63) is 0 Å². The quantitative estimate of drug-likeness (QED) is 0.706. The van der Waals surface area contributed by atoms with E-state index in [1.165, 1.54) is 7.11 Å². The topological polar surface area (TPSA) is 81.4 Å². The van der Waals surface area contributed by atoms with E-state index in [1.807, 2.05) is 0 Å². The van der Waals surface area contributed by atoms with Gasteiger partial charge in [0.15, 0.2) is 0 Å². The van der Waals surface area contributed by atoms with Gasteiger partial charge in [-0.3, -0.25) is 9.59 Å². The van der Waals surface area contributed by atoms with Crippen LogP contribution in [0.4, 0.5) is 0 Å². The molecule has 0 spiro atoms. The second-order valence-corrected chi connectivity index (χ2v) is 4.16. The van der Waals surface area contributed by atoms with Crippen LogP contribution in [-0.2, 0) is 14.3 Å².